The molecule has 7 nitrogen and oxygen atoms in total. The average Bonchev–Trinajstić information content (AvgIpc) is 3.05. The van der Waals surface area contributed by atoms with Gasteiger partial charge in [0, 0.05) is 5.69 Å². The molecule has 0 bridgehead atoms. The molecule has 0 saturated carbocycles. The summed E-state index contributed by atoms with van der Waals surface area (Å²) in [5.41, 5.74) is -0.472. The van der Waals surface area contributed by atoms with Gasteiger partial charge in [-0.2, -0.15) is 0 Å². The number of para-hydroxylation sites is 2. The third-order valence-electron chi connectivity index (χ3n) is 3.95. The first kappa shape index (κ1) is 20.0. The zero-order valence-electron chi connectivity index (χ0n) is 15.2. The molecule has 0 spiro atoms. The number of amides is 1. The molecule has 0 aromatic heterocycles. The van der Waals surface area contributed by atoms with Crippen LogP contribution in [0.2, 0.25) is 0 Å². The summed E-state index contributed by atoms with van der Waals surface area (Å²) in [4.78, 5) is 36.6. The van der Waals surface area contributed by atoms with E-state index in [4.69, 9.17) is 9.47 Å². The van der Waals surface area contributed by atoms with Crippen LogP contribution in [0.4, 0.5) is 20.2 Å². The molecule has 1 aliphatic rings. The van der Waals surface area contributed by atoms with Crippen LogP contribution in [-0.4, -0.2) is 30.4 Å². The Morgan fingerprint density at radius 2 is 1.72 bits per heavy atom. The minimum Gasteiger partial charge on any atom is -0.470 e. The van der Waals surface area contributed by atoms with Crippen molar-refractivity contribution in [1.29, 1.82) is 0 Å². The molecule has 0 aliphatic carbocycles. The Kier molecular flexibility index (Phi) is 5.87. The van der Waals surface area contributed by atoms with Crippen LogP contribution >= 0.6 is 0 Å². The standard InChI is InChI=1S/C20H16F2N2O5/c1-11(18(26)24-17-13(21)8-5-9-14(17)22)29-20(27)16-15(25)10-28-19(16)23-12-6-3-2-4-7-12/h2-9,11,23H,10H2,1H3,(H,24,26)/t11-/m0/s1. The van der Waals surface area contributed by atoms with Gasteiger partial charge in [0.15, 0.2) is 18.3 Å². The number of halogens is 2. The quantitative estimate of drug-likeness (QED) is 0.570. The monoisotopic (exact) mass is 402 g/mol. The molecule has 1 amide bonds. The van der Waals surface area contributed by atoms with Gasteiger partial charge in [0.1, 0.15) is 17.3 Å². The number of ether oxygens (including phenoxy) is 2. The second kappa shape index (κ2) is 8.51. The van der Waals surface area contributed by atoms with E-state index < -0.39 is 41.1 Å². The lowest BCUT2D eigenvalue weighted by Gasteiger charge is -2.14. The topological polar surface area (TPSA) is 93.7 Å². The highest BCUT2D eigenvalue weighted by molar-refractivity contribution is 6.20. The number of carbonyl (C=O) groups excluding carboxylic acids is 3. The summed E-state index contributed by atoms with van der Waals surface area (Å²) >= 11 is 0. The van der Waals surface area contributed by atoms with E-state index >= 15 is 0 Å². The largest absolute Gasteiger partial charge is 0.470 e. The number of hydrogen-bond acceptors (Lipinski definition) is 6. The molecule has 29 heavy (non-hydrogen) atoms. The van der Waals surface area contributed by atoms with Crippen molar-refractivity contribution in [2.45, 2.75) is 13.0 Å². The van der Waals surface area contributed by atoms with Crippen molar-refractivity contribution in [3.8, 4) is 0 Å². The number of nitrogens with one attached hydrogen (secondary N) is 2. The molecule has 0 fully saturated rings. The van der Waals surface area contributed by atoms with Gasteiger partial charge in [-0.15, -0.1) is 0 Å². The summed E-state index contributed by atoms with van der Waals surface area (Å²) in [6.45, 7) is 0.845. The molecule has 150 valence electrons. The summed E-state index contributed by atoms with van der Waals surface area (Å²) in [7, 11) is 0. The maximum absolute atomic E-state index is 13.7. The number of Topliss-reactive ketones (excluding diaryl/α,β-unsaturated/α-hetero) is 1. The van der Waals surface area contributed by atoms with E-state index in [9.17, 15) is 23.2 Å². The van der Waals surface area contributed by atoms with E-state index in [0.717, 1.165) is 18.2 Å². The number of rotatable bonds is 6. The van der Waals surface area contributed by atoms with Crippen molar-refractivity contribution < 1.29 is 32.6 Å². The SMILES string of the molecule is C[C@H](OC(=O)C1=C(Nc2ccccc2)OCC1=O)C(=O)Nc1c(F)cccc1F. The molecule has 2 aromatic rings. The number of ketones is 1. The number of benzene rings is 2. The van der Waals surface area contributed by atoms with Crippen molar-refractivity contribution in [2.75, 3.05) is 17.2 Å². The molecule has 2 aromatic carbocycles. The molecular formula is C20H16F2N2O5. The van der Waals surface area contributed by atoms with E-state index in [1.807, 2.05) is 5.32 Å². The predicted molar refractivity (Wildman–Crippen MR) is 98.6 cm³/mol. The van der Waals surface area contributed by atoms with Crippen LogP contribution in [0.3, 0.4) is 0 Å². The van der Waals surface area contributed by atoms with Gasteiger partial charge in [-0.05, 0) is 31.2 Å². The first-order valence-corrected chi connectivity index (χ1v) is 8.55. The number of esters is 1. The third-order valence-corrected chi connectivity index (χ3v) is 3.95. The highest BCUT2D eigenvalue weighted by Crippen LogP contribution is 2.22. The van der Waals surface area contributed by atoms with Gasteiger partial charge in [0.25, 0.3) is 5.91 Å². The fourth-order valence-electron chi connectivity index (χ4n) is 2.48. The average molecular weight is 402 g/mol. The highest BCUT2D eigenvalue weighted by atomic mass is 19.1. The minimum absolute atomic E-state index is 0.0982. The third kappa shape index (κ3) is 4.57. The summed E-state index contributed by atoms with van der Waals surface area (Å²) in [5, 5.41) is 4.82. The Morgan fingerprint density at radius 1 is 1.07 bits per heavy atom. The minimum atomic E-state index is -1.43. The maximum Gasteiger partial charge on any atom is 0.348 e. The van der Waals surface area contributed by atoms with Gasteiger partial charge in [-0.25, -0.2) is 13.6 Å². The second-order valence-electron chi connectivity index (χ2n) is 6.04. The summed E-state index contributed by atoms with van der Waals surface area (Å²) in [6.07, 6.45) is -1.43. The van der Waals surface area contributed by atoms with Crippen molar-refractivity contribution in [1.82, 2.24) is 0 Å². The van der Waals surface area contributed by atoms with Gasteiger partial charge in [-0.1, -0.05) is 24.3 Å². The summed E-state index contributed by atoms with van der Waals surface area (Å²) in [5.74, 6) is -4.74. The van der Waals surface area contributed by atoms with Gasteiger partial charge >= 0.3 is 5.97 Å². The number of carbonyl (C=O) groups is 3. The number of hydrogen-bond donors (Lipinski definition) is 2. The Hall–Kier alpha value is -3.75. The summed E-state index contributed by atoms with van der Waals surface area (Å²) < 4.78 is 37.5. The Bertz CT molecular complexity index is 971. The highest BCUT2D eigenvalue weighted by Gasteiger charge is 2.34. The van der Waals surface area contributed by atoms with Crippen LogP contribution in [0, 0.1) is 11.6 Å². The number of anilines is 2. The van der Waals surface area contributed by atoms with E-state index in [-0.39, 0.29) is 18.1 Å². The second-order valence-corrected chi connectivity index (χ2v) is 6.04. The molecule has 1 aliphatic heterocycles. The maximum atomic E-state index is 13.7. The Morgan fingerprint density at radius 3 is 2.38 bits per heavy atom. The zero-order valence-corrected chi connectivity index (χ0v) is 15.2. The fourth-order valence-corrected chi connectivity index (χ4v) is 2.48. The first-order valence-electron chi connectivity index (χ1n) is 8.55. The molecule has 2 N–H and O–H groups in total. The van der Waals surface area contributed by atoms with Crippen LogP contribution < -0.4 is 10.6 Å². The molecule has 0 radical (unpaired) electrons. The van der Waals surface area contributed by atoms with Crippen LogP contribution in [-0.2, 0) is 23.9 Å². The molecule has 3 rings (SSSR count). The van der Waals surface area contributed by atoms with E-state index in [0.29, 0.717) is 5.69 Å². The van der Waals surface area contributed by atoms with Gasteiger partial charge < -0.3 is 20.1 Å². The van der Waals surface area contributed by atoms with E-state index in [2.05, 4.69) is 5.32 Å². The van der Waals surface area contributed by atoms with E-state index in [1.165, 1.54) is 6.92 Å². The lowest BCUT2D eigenvalue weighted by molar-refractivity contribution is -0.150. The van der Waals surface area contributed by atoms with Gasteiger partial charge in [0.2, 0.25) is 11.7 Å². The lowest BCUT2D eigenvalue weighted by atomic mass is 10.2. The van der Waals surface area contributed by atoms with E-state index in [1.54, 1.807) is 30.3 Å². The van der Waals surface area contributed by atoms with Gasteiger partial charge in [-0.3, -0.25) is 9.59 Å². The normalized spacial score (nSPS) is 14.2. The first-order chi connectivity index (χ1) is 13.9. The molecule has 1 atom stereocenters. The predicted octanol–water partition coefficient (Wildman–Crippen LogP) is 2.76. The Labute approximate surface area is 164 Å². The lowest BCUT2D eigenvalue weighted by Crippen LogP contribution is -2.32. The van der Waals surface area contributed by atoms with Gasteiger partial charge in [0.05, 0.1) is 0 Å². The molecule has 1 heterocycles. The molecule has 0 unspecified atom stereocenters. The molecular weight excluding hydrogens is 386 g/mol. The zero-order chi connectivity index (χ0) is 21.0. The van der Waals surface area contributed by atoms with Crippen molar-refractivity contribution >= 4 is 29.0 Å². The Balaban J connectivity index is 1.71. The van der Waals surface area contributed by atoms with Crippen LogP contribution in [0.5, 0.6) is 0 Å². The smallest absolute Gasteiger partial charge is 0.348 e. The van der Waals surface area contributed by atoms with Crippen LogP contribution in [0.15, 0.2) is 60.0 Å². The van der Waals surface area contributed by atoms with Crippen LogP contribution in [0.25, 0.3) is 0 Å². The van der Waals surface area contributed by atoms with Crippen molar-refractivity contribution in [3.63, 3.8) is 0 Å². The van der Waals surface area contributed by atoms with Crippen molar-refractivity contribution in [3.05, 3.63) is 71.6 Å². The fraction of sp³-hybridized carbons (Fsp3) is 0.150. The van der Waals surface area contributed by atoms with Crippen molar-refractivity contribution in [2.24, 2.45) is 0 Å². The molecule has 0 saturated heterocycles. The summed E-state index contributed by atoms with van der Waals surface area (Å²) in [6, 6.07) is 11.7. The van der Waals surface area contributed by atoms with Crippen LogP contribution in [0.1, 0.15) is 6.92 Å². The molecule has 9 heteroatoms.